The zero-order chi connectivity index (χ0) is 16.5. The van der Waals surface area contributed by atoms with E-state index in [1.165, 1.54) is 0 Å². The Morgan fingerprint density at radius 2 is 2.18 bits per heavy atom. The van der Waals surface area contributed by atoms with Crippen LogP contribution in [0, 0.1) is 10.1 Å². The van der Waals surface area contributed by atoms with Crippen molar-refractivity contribution in [3.8, 4) is 0 Å². The maximum absolute atomic E-state index is 11.1. The topological polar surface area (TPSA) is 171 Å². The zero-order valence-electron chi connectivity index (χ0n) is 11.0. The largest absolute Gasteiger partial charge is 0.394 e. The van der Waals surface area contributed by atoms with Crippen LogP contribution in [0.15, 0.2) is 6.33 Å². The van der Waals surface area contributed by atoms with E-state index >= 15 is 0 Å². The molecular weight excluding hydrogens is 320 g/mol. The Kier molecular flexibility index (Phi) is 4.79. The van der Waals surface area contributed by atoms with Crippen molar-refractivity contribution in [2.24, 2.45) is 0 Å². The van der Waals surface area contributed by atoms with Crippen molar-refractivity contribution < 1.29 is 30.1 Å². The van der Waals surface area contributed by atoms with Crippen molar-refractivity contribution in [3.63, 3.8) is 0 Å². The summed E-state index contributed by atoms with van der Waals surface area (Å²) in [4.78, 5) is 17.7. The monoisotopic (exact) mass is 334 g/mol. The van der Waals surface area contributed by atoms with Gasteiger partial charge in [-0.2, -0.15) is 12.6 Å². The van der Waals surface area contributed by atoms with Gasteiger partial charge in [0, 0.05) is 5.75 Å². The summed E-state index contributed by atoms with van der Waals surface area (Å²) in [6.45, 7) is -0.671. The van der Waals surface area contributed by atoms with E-state index in [1.807, 2.05) is 0 Å². The lowest BCUT2D eigenvalue weighted by atomic mass is 10.1. The summed E-state index contributed by atoms with van der Waals surface area (Å²) in [6, 6.07) is 0. The van der Waals surface area contributed by atoms with Gasteiger partial charge >= 0.3 is 5.69 Å². The molecule has 0 aliphatic carbocycles. The van der Waals surface area contributed by atoms with Crippen LogP contribution in [-0.2, 0) is 10.5 Å². The first-order valence-corrected chi connectivity index (χ1v) is 6.71. The third kappa shape index (κ3) is 2.84. The molecule has 0 aromatic carbocycles. The molecule has 0 radical (unpaired) electrons. The van der Waals surface area contributed by atoms with E-state index in [0.717, 1.165) is 6.33 Å². The number of ether oxygens (including phenoxy) is 1. The molecule has 1 aliphatic heterocycles. The summed E-state index contributed by atoms with van der Waals surface area (Å²) < 4.78 is 4.93. The van der Waals surface area contributed by atoms with Crippen LogP contribution in [0.4, 0.5) is 11.5 Å². The Hall–Kier alpha value is -1.57. The van der Waals surface area contributed by atoms with Crippen molar-refractivity contribution in [3.05, 3.63) is 22.1 Å². The van der Waals surface area contributed by atoms with E-state index in [1.54, 1.807) is 0 Å². The van der Waals surface area contributed by atoms with Gasteiger partial charge in [0.05, 0.1) is 11.5 Å². The van der Waals surface area contributed by atoms with Crippen molar-refractivity contribution in [2.45, 2.75) is 30.0 Å². The summed E-state index contributed by atoms with van der Waals surface area (Å²) in [5.74, 6) is -3.03. The highest BCUT2D eigenvalue weighted by Gasteiger charge is 2.54. The van der Waals surface area contributed by atoms with Crippen LogP contribution in [0.2, 0.25) is 0 Å². The number of nitro groups is 1. The molecule has 5 N–H and O–H groups in total. The van der Waals surface area contributed by atoms with Gasteiger partial charge in [0.1, 0.15) is 24.2 Å². The van der Waals surface area contributed by atoms with E-state index in [0.29, 0.717) is 0 Å². The molecule has 122 valence electrons. The van der Waals surface area contributed by atoms with Gasteiger partial charge in [-0.3, -0.25) is 10.1 Å². The lowest BCUT2D eigenvalue weighted by Crippen LogP contribution is -2.49. The standard InChI is InChI=1S/C10H14N4O7S/c15-1-5-7(16)8(17)10(18,21-5)13-9-6(14(19)20)4(2-22)11-3-12-9/h3,5,7-8,15-18,22H,1-2H2,(H,11,12,13)/t5-,7-,8-,10-/m1/s1. The van der Waals surface area contributed by atoms with E-state index in [-0.39, 0.29) is 11.4 Å². The number of rotatable bonds is 5. The summed E-state index contributed by atoms with van der Waals surface area (Å²) in [6.07, 6.45) is -3.71. The first kappa shape index (κ1) is 16.8. The molecule has 0 spiro atoms. The highest BCUT2D eigenvalue weighted by atomic mass is 32.1. The third-order valence-corrected chi connectivity index (χ3v) is 3.44. The minimum absolute atomic E-state index is 0.0128. The molecule has 12 heteroatoms. The zero-order valence-corrected chi connectivity index (χ0v) is 11.9. The number of nitrogens with one attached hydrogen (secondary N) is 1. The van der Waals surface area contributed by atoms with Crippen LogP contribution >= 0.6 is 12.6 Å². The maximum Gasteiger partial charge on any atom is 0.333 e. The molecule has 0 amide bonds. The molecule has 22 heavy (non-hydrogen) atoms. The Bertz CT molecular complexity index is 576. The van der Waals surface area contributed by atoms with Gasteiger partial charge in [0.2, 0.25) is 5.82 Å². The molecule has 11 nitrogen and oxygen atoms in total. The van der Waals surface area contributed by atoms with Crippen LogP contribution < -0.4 is 5.32 Å². The molecule has 2 rings (SSSR count). The number of anilines is 1. The number of aliphatic hydroxyl groups excluding tert-OH is 3. The Labute approximate surface area is 129 Å². The number of aromatic nitrogens is 2. The van der Waals surface area contributed by atoms with Crippen LogP contribution in [0.25, 0.3) is 0 Å². The molecule has 1 saturated heterocycles. The van der Waals surface area contributed by atoms with Gasteiger partial charge in [0.15, 0.2) is 6.10 Å². The molecule has 1 aliphatic rings. The molecule has 1 aromatic rings. The Balaban J connectivity index is 2.37. The number of thiol groups is 1. The smallest absolute Gasteiger partial charge is 0.333 e. The van der Waals surface area contributed by atoms with Gasteiger partial charge in [-0.05, 0) is 0 Å². The maximum atomic E-state index is 11.1. The summed E-state index contributed by atoms with van der Waals surface area (Å²) >= 11 is 3.91. The minimum Gasteiger partial charge on any atom is -0.394 e. The quantitative estimate of drug-likeness (QED) is 0.153. The van der Waals surface area contributed by atoms with Crippen molar-refractivity contribution in [1.29, 1.82) is 0 Å². The van der Waals surface area contributed by atoms with E-state index in [2.05, 4.69) is 27.9 Å². The van der Waals surface area contributed by atoms with Crippen LogP contribution in [-0.4, -0.2) is 66.1 Å². The fraction of sp³-hybridized carbons (Fsp3) is 0.600. The van der Waals surface area contributed by atoms with Crippen LogP contribution in [0.5, 0.6) is 0 Å². The van der Waals surface area contributed by atoms with E-state index < -0.39 is 47.3 Å². The molecule has 0 unspecified atom stereocenters. The lowest BCUT2D eigenvalue weighted by Gasteiger charge is -2.27. The van der Waals surface area contributed by atoms with Crippen molar-refractivity contribution >= 4 is 24.1 Å². The summed E-state index contributed by atoms with van der Waals surface area (Å²) in [5.41, 5.74) is -0.565. The molecule has 1 aromatic heterocycles. The lowest BCUT2D eigenvalue weighted by molar-refractivity contribution is -0.385. The van der Waals surface area contributed by atoms with Crippen molar-refractivity contribution in [1.82, 2.24) is 9.97 Å². The Morgan fingerprint density at radius 3 is 2.68 bits per heavy atom. The van der Waals surface area contributed by atoms with E-state index in [4.69, 9.17) is 9.84 Å². The predicted octanol–water partition coefficient (Wildman–Crippen LogP) is -2.01. The number of aliphatic hydroxyl groups is 4. The third-order valence-electron chi connectivity index (χ3n) is 3.14. The van der Waals surface area contributed by atoms with Gasteiger partial charge < -0.3 is 30.5 Å². The molecule has 1 fully saturated rings. The number of nitrogens with zero attached hydrogens (tertiary/aromatic N) is 3. The average molecular weight is 334 g/mol. The van der Waals surface area contributed by atoms with Gasteiger partial charge in [0.25, 0.3) is 5.91 Å². The molecule has 4 atom stereocenters. The molecule has 2 heterocycles. The molecule has 0 saturated carbocycles. The summed E-state index contributed by atoms with van der Waals surface area (Å²) in [5, 5.41) is 51.9. The number of hydrogen-bond donors (Lipinski definition) is 6. The van der Waals surface area contributed by atoms with E-state index in [9.17, 15) is 25.4 Å². The second-order valence-electron chi connectivity index (χ2n) is 4.53. The predicted molar refractivity (Wildman–Crippen MR) is 73.9 cm³/mol. The second-order valence-corrected chi connectivity index (χ2v) is 4.84. The summed E-state index contributed by atoms with van der Waals surface area (Å²) in [7, 11) is 0. The molecule has 0 bridgehead atoms. The SMILES string of the molecule is O=[N+]([O-])c1c(CS)ncnc1N[C@]1(O)O[C@H](CO)[C@@H](O)[C@H]1O. The van der Waals surface area contributed by atoms with Gasteiger partial charge in [-0.1, -0.05) is 0 Å². The fourth-order valence-electron chi connectivity index (χ4n) is 2.04. The van der Waals surface area contributed by atoms with Crippen molar-refractivity contribution in [2.75, 3.05) is 11.9 Å². The van der Waals surface area contributed by atoms with Crippen LogP contribution in [0.3, 0.4) is 0 Å². The molecular formula is C10H14N4O7S. The normalized spacial score (nSPS) is 31.2. The highest BCUT2D eigenvalue weighted by Crippen LogP contribution is 2.33. The number of hydrogen-bond acceptors (Lipinski definition) is 11. The first-order valence-electron chi connectivity index (χ1n) is 6.08. The van der Waals surface area contributed by atoms with Gasteiger partial charge in [-0.15, -0.1) is 0 Å². The van der Waals surface area contributed by atoms with Gasteiger partial charge in [-0.25, -0.2) is 9.97 Å². The Morgan fingerprint density at radius 1 is 1.50 bits per heavy atom. The first-order chi connectivity index (χ1) is 10.3. The highest BCUT2D eigenvalue weighted by molar-refractivity contribution is 7.79. The average Bonchev–Trinajstić information content (AvgIpc) is 2.70. The van der Waals surface area contributed by atoms with Crippen LogP contribution in [0.1, 0.15) is 5.69 Å². The fourth-order valence-corrected chi connectivity index (χ4v) is 2.27. The minimum atomic E-state index is -2.56. The second kappa shape index (κ2) is 6.28.